The van der Waals surface area contributed by atoms with Crippen molar-refractivity contribution in [3.63, 3.8) is 0 Å². The molecular weight excluding hydrogens is 545 g/mol. The van der Waals surface area contributed by atoms with Crippen molar-refractivity contribution in [3.8, 4) is 44.8 Å². The van der Waals surface area contributed by atoms with E-state index < -0.39 is 0 Å². The third-order valence-electron chi connectivity index (χ3n) is 8.21. The summed E-state index contributed by atoms with van der Waals surface area (Å²) < 4.78 is 9.51. The van der Waals surface area contributed by atoms with Crippen molar-refractivity contribution in [2.45, 2.75) is 4.90 Å². The van der Waals surface area contributed by atoms with Crippen molar-refractivity contribution >= 4 is 44.6 Å². The fourth-order valence-corrected chi connectivity index (χ4v) is 6.52. The topological polar surface area (TPSA) is 48.9 Å². The number of fused-ring (bicyclic) bond motifs is 3. The lowest BCUT2D eigenvalue weighted by Gasteiger charge is -2.18. The lowest BCUT2D eigenvalue weighted by atomic mass is 9.85. The second kappa shape index (κ2) is 10.6. The van der Waals surface area contributed by atoms with E-state index in [1.165, 1.54) is 43.8 Å². The first-order valence-corrected chi connectivity index (χ1v) is 15.1. The Hall–Kier alpha value is -5.16. The molecular formula is C39H26N2OS. The minimum Gasteiger partial charge on any atom is -0.338 e. The highest BCUT2D eigenvalue weighted by molar-refractivity contribution is 7.93. The highest BCUT2D eigenvalue weighted by Crippen LogP contribution is 2.44. The van der Waals surface area contributed by atoms with Crippen molar-refractivity contribution < 1.29 is 4.55 Å². The molecule has 3 nitrogen and oxygen atoms in total. The fourth-order valence-electron chi connectivity index (χ4n) is 6.20. The van der Waals surface area contributed by atoms with Crippen molar-refractivity contribution in [2.24, 2.45) is 0 Å². The zero-order valence-corrected chi connectivity index (χ0v) is 24.0. The monoisotopic (exact) mass is 570 g/mol. The number of nitrogens with zero attached hydrogens (tertiary/aromatic N) is 1. The first-order chi connectivity index (χ1) is 21.3. The Morgan fingerprint density at radius 1 is 0.465 bits per heavy atom. The van der Waals surface area contributed by atoms with E-state index in [4.69, 9.17) is 4.98 Å². The highest BCUT2D eigenvalue weighted by Gasteiger charge is 2.17. The van der Waals surface area contributed by atoms with Gasteiger partial charge in [-0.05, 0) is 79.2 Å². The molecule has 8 aromatic rings. The smallest absolute Gasteiger partial charge is 0.138 e. The number of hydrogen-bond acceptors (Lipinski definition) is 3. The van der Waals surface area contributed by atoms with Crippen LogP contribution in [0.4, 0.5) is 0 Å². The zero-order valence-electron chi connectivity index (χ0n) is 23.2. The summed E-state index contributed by atoms with van der Waals surface area (Å²) in [4.78, 5) is 9.08. The number of hydrogen-bond donors (Lipinski definition) is 2. The molecule has 0 amide bonds. The predicted octanol–water partition coefficient (Wildman–Crippen LogP) is 11.1. The molecule has 0 bridgehead atoms. The summed E-state index contributed by atoms with van der Waals surface area (Å²) in [5.41, 5.74) is 10.1. The second-order valence-electron chi connectivity index (χ2n) is 10.7. The third kappa shape index (κ3) is 4.49. The maximum Gasteiger partial charge on any atom is 0.138 e. The van der Waals surface area contributed by atoms with E-state index in [0.29, 0.717) is 0 Å². The lowest BCUT2D eigenvalue weighted by molar-refractivity contribution is 0.664. The molecule has 0 saturated carbocycles. The number of nitrogens with one attached hydrogen (secondary N) is 1. The number of aromatic nitrogens is 2. The van der Waals surface area contributed by atoms with Gasteiger partial charge in [-0.25, -0.2) is 4.98 Å². The standard InChI is InChI=1S/C39H26N2OS/c42-43-30-9-7-8-29(24-30)25-16-18-26(19-17-25)37-31-10-1-3-12-33(31)38(34-13-4-2-11-32(34)37)27-20-22-28(23-21-27)39-40-35-14-5-6-15-36(35)41-39/h1-24,42H,(H,40,41). The van der Waals surface area contributed by atoms with Crippen molar-refractivity contribution in [2.75, 3.05) is 0 Å². The Kier molecular flexibility index (Phi) is 6.29. The summed E-state index contributed by atoms with van der Waals surface area (Å²) in [6.07, 6.45) is 0. The Morgan fingerprint density at radius 2 is 0.977 bits per heavy atom. The summed E-state index contributed by atoms with van der Waals surface area (Å²) in [7, 11) is 0. The fraction of sp³-hybridized carbons (Fsp3) is 0. The lowest BCUT2D eigenvalue weighted by Crippen LogP contribution is -1.91. The summed E-state index contributed by atoms with van der Waals surface area (Å²) in [5, 5.41) is 4.90. The van der Waals surface area contributed by atoms with Gasteiger partial charge in [-0.1, -0.05) is 121 Å². The van der Waals surface area contributed by atoms with Crippen LogP contribution < -0.4 is 0 Å². The number of imidazole rings is 1. The summed E-state index contributed by atoms with van der Waals surface area (Å²) in [6, 6.07) is 51.1. The minimum atomic E-state index is 0.775. The van der Waals surface area contributed by atoms with Crippen molar-refractivity contribution in [1.29, 1.82) is 0 Å². The molecule has 1 heterocycles. The Labute approximate surface area is 253 Å². The van der Waals surface area contributed by atoms with E-state index >= 15 is 0 Å². The van der Waals surface area contributed by atoms with Crippen molar-refractivity contribution in [1.82, 2.24) is 9.97 Å². The Morgan fingerprint density at radius 3 is 1.53 bits per heavy atom. The van der Waals surface area contributed by atoms with E-state index in [-0.39, 0.29) is 0 Å². The zero-order chi connectivity index (χ0) is 28.8. The van der Waals surface area contributed by atoms with E-state index in [0.717, 1.165) is 50.5 Å². The van der Waals surface area contributed by atoms with Crippen LogP contribution in [-0.2, 0) is 0 Å². The average molecular weight is 571 g/mol. The predicted molar refractivity (Wildman–Crippen MR) is 181 cm³/mol. The maximum absolute atomic E-state index is 9.51. The van der Waals surface area contributed by atoms with Gasteiger partial charge in [0, 0.05) is 22.5 Å². The number of para-hydroxylation sites is 2. The van der Waals surface area contributed by atoms with E-state index in [9.17, 15) is 4.55 Å². The van der Waals surface area contributed by atoms with Crippen LogP contribution in [0.25, 0.3) is 77.3 Å². The molecule has 0 atom stereocenters. The van der Waals surface area contributed by atoms with E-state index in [2.05, 4.69) is 114 Å². The number of H-pyrrole nitrogens is 1. The van der Waals surface area contributed by atoms with Crippen LogP contribution in [0.2, 0.25) is 0 Å². The van der Waals surface area contributed by atoms with Gasteiger partial charge in [0.2, 0.25) is 0 Å². The molecule has 7 aromatic carbocycles. The average Bonchev–Trinajstić information content (AvgIpc) is 3.52. The van der Waals surface area contributed by atoms with Gasteiger partial charge in [0.05, 0.1) is 11.0 Å². The van der Waals surface area contributed by atoms with Crippen LogP contribution in [-0.4, -0.2) is 14.5 Å². The van der Waals surface area contributed by atoms with Gasteiger partial charge in [-0.15, -0.1) is 0 Å². The normalized spacial score (nSPS) is 11.5. The van der Waals surface area contributed by atoms with Crippen LogP contribution in [0.1, 0.15) is 0 Å². The van der Waals surface area contributed by atoms with Gasteiger partial charge >= 0.3 is 0 Å². The Balaban J connectivity index is 1.27. The van der Waals surface area contributed by atoms with Crippen LogP contribution >= 0.6 is 12.0 Å². The maximum atomic E-state index is 9.51. The van der Waals surface area contributed by atoms with Gasteiger partial charge in [-0.3, -0.25) is 0 Å². The minimum absolute atomic E-state index is 0.775. The molecule has 1 aromatic heterocycles. The third-order valence-corrected chi connectivity index (χ3v) is 8.68. The summed E-state index contributed by atoms with van der Waals surface area (Å²) in [5.74, 6) is 0.878. The SMILES string of the molecule is OSc1cccc(-c2ccc(-c3c4ccccc4c(-c4ccc(-c5nc6ccccc6[nH]5)cc4)c4ccccc34)cc2)c1. The quantitative estimate of drug-likeness (QED) is 0.160. The molecule has 0 saturated heterocycles. The molecule has 0 spiro atoms. The molecule has 204 valence electrons. The molecule has 0 aliphatic carbocycles. The van der Waals surface area contributed by atoms with Gasteiger partial charge in [-0.2, -0.15) is 0 Å². The molecule has 4 heteroatoms. The van der Waals surface area contributed by atoms with Crippen LogP contribution in [0, 0.1) is 0 Å². The highest BCUT2D eigenvalue weighted by atomic mass is 32.2. The summed E-state index contributed by atoms with van der Waals surface area (Å²) in [6.45, 7) is 0. The largest absolute Gasteiger partial charge is 0.338 e. The van der Waals surface area contributed by atoms with E-state index in [1.54, 1.807) is 0 Å². The number of benzene rings is 7. The first-order valence-electron chi connectivity index (χ1n) is 14.3. The number of aromatic amines is 1. The van der Waals surface area contributed by atoms with E-state index in [1.807, 2.05) is 36.4 Å². The molecule has 0 unspecified atom stereocenters. The van der Waals surface area contributed by atoms with Crippen molar-refractivity contribution in [3.05, 3.63) is 146 Å². The van der Waals surface area contributed by atoms with Gasteiger partial charge in [0.25, 0.3) is 0 Å². The van der Waals surface area contributed by atoms with Crippen LogP contribution in [0.5, 0.6) is 0 Å². The second-order valence-corrected chi connectivity index (χ2v) is 11.4. The molecule has 0 radical (unpaired) electrons. The van der Waals surface area contributed by atoms with Gasteiger partial charge < -0.3 is 9.54 Å². The molecule has 0 fully saturated rings. The van der Waals surface area contributed by atoms with Crippen LogP contribution in [0.15, 0.2) is 150 Å². The molecule has 0 aliphatic rings. The number of rotatable bonds is 5. The first kappa shape index (κ1) is 25.5. The molecule has 8 rings (SSSR count). The summed E-state index contributed by atoms with van der Waals surface area (Å²) >= 11 is 0.775. The molecule has 2 N–H and O–H groups in total. The van der Waals surface area contributed by atoms with Crippen LogP contribution in [0.3, 0.4) is 0 Å². The Bertz CT molecular complexity index is 2180. The molecule has 43 heavy (non-hydrogen) atoms. The van der Waals surface area contributed by atoms with Gasteiger partial charge in [0.15, 0.2) is 0 Å². The molecule has 0 aliphatic heterocycles. The van der Waals surface area contributed by atoms with Gasteiger partial charge in [0.1, 0.15) is 5.82 Å².